The van der Waals surface area contributed by atoms with Crippen molar-refractivity contribution in [1.29, 1.82) is 5.26 Å². The number of rotatable bonds is 3. The smallest absolute Gasteiger partial charge is 0.320 e. The highest BCUT2D eigenvalue weighted by Crippen LogP contribution is 2.38. The molecule has 0 aromatic rings. The summed E-state index contributed by atoms with van der Waals surface area (Å²) >= 11 is 0. The highest BCUT2D eigenvalue weighted by molar-refractivity contribution is 5.79. The Morgan fingerprint density at radius 1 is 0.963 bits per heavy atom. The fourth-order valence-corrected chi connectivity index (χ4v) is 5.44. The Balaban J connectivity index is 1.21. The molecule has 0 aromatic heterocycles. The third-order valence-corrected chi connectivity index (χ3v) is 6.91. The Morgan fingerprint density at radius 2 is 1.67 bits per heavy atom. The first-order chi connectivity index (χ1) is 13.2. The predicted octanol–water partition coefficient (Wildman–Crippen LogP) is 1.41. The summed E-state index contributed by atoms with van der Waals surface area (Å²) in [6.45, 7) is 4.61. The molecule has 3 saturated heterocycles. The number of nitrogens with zero attached hydrogens (tertiary/aromatic N) is 4. The Kier molecular flexibility index (Phi) is 5.53. The summed E-state index contributed by atoms with van der Waals surface area (Å²) in [5.41, 5.74) is 0. The van der Waals surface area contributed by atoms with E-state index in [2.05, 4.69) is 16.3 Å². The fraction of sp³-hybridized carbons (Fsp3) is 0.850. The van der Waals surface area contributed by atoms with Gasteiger partial charge in [-0.15, -0.1) is 0 Å². The van der Waals surface area contributed by atoms with Crippen LogP contribution in [0, 0.1) is 23.2 Å². The molecule has 1 aliphatic carbocycles. The van der Waals surface area contributed by atoms with E-state index in [0.717, 1.165) is 64.7 Å². The molecule has 1 saturated carbocycles. The van der Waals surface area contributed by atoms with Crippen molar-refractivity contribution in [2.24, 2.45) is 11.8 Å². The third kappa shape index (κ3) is 3.91. The Hall–Kier alpha value is -1.81. The summed E-state index contributed by atoms with van der Waals surface area (Å²) in [5.74, 6) is 1.17. The van der Waals surface area contributed by atoms with E-state index < -0.39 is 0 Å². The second-order valence-corrected chi connectivity index (χ2v) is 8.68. The number of hydrogen-bond donors (Lipinski definition) is 1. The standard InChI is InChI=1S/C20H31N5O2/c21-11-18-5-4-8-25(18)19(26)12-22-17-9-15-13-24(14-16(15)10-17)20(27)23-6-2-1-3-7-23/h15-18,22H,1-10,12-14H2/t15-,16+,17-,18?. The highest BCUT2D eigenvalue weighted by Gasteiger charge is 2.43. The molecule has 148 valence electrons. The molecule has 0 bridgehead atoms. The van der Waals surface area contributed by atoms with Crippen molar-refractivity contribution in [3.8, 4) is 6.07 Å². The van der Waals surface area contributed by atoms with Crippen molar-refractivity contribution in [3.05, 3.63) is 0 Å². The van der Waals surface area contributed by atoms with Crippen molar-refractivity contribution in [2.45, 2.75) is 57.0 Å². The van der Waals surface area contributed by atoms with Gasteiger partial charge in [-0.05, 0) is 56.8 Å². The Morgan fingerprint density at radius 3 is 2.33 bits per heavy atom. The molecule has 4 rings (SSSR count). The lowest BCUT2D eigenvalue weighted by Gasteiger charge is -2.31. The van der Waals surface area contributed by atoms with E-state index in [1.165, 1.54) is 6.42 Å². The maximum atomic E-state index is 12.7. The van der Waals surface area contributed by atoms with Crippen LogP contribution in [0.3, 0.4) is 0 Å². The minimum absolute atomic E-state index is 0.0537. The number of urea groups is 1. The minimum Gasteiger partial charge on any atom is -0.326 e. The number of piperidine rings is 1. The van der Waals surface area contributed by atoms with Gasteiger partial charge in [-0.3, -0.25) is 4.79 Å². The normalized spacial score (nSPS) is 33.2. The molecule has 3 heterocycles. The van der Waals surface area contributed by atoms with Crippen LogP contribution in [0.1, 0.15) is 44.9 Å². The number of likely N-dealkylation sites (tertiary alicyclic amines) is 3. The number of nitriles is 1. The van der Waals surface area contributed by atoms with E-state index in [4.69, 9.17) is 5.26 Å². The molecule has 3 amide bonds. The number of carbonyl (C=O) groups is 2. The zero-order valence-electron chi connectivity index (χ0n) is 16.1. The molecular formula is C20H31N5O2. The van der Waals surface area contributed by atoms with Crippen LogP contribution in [0.15, 0.2) is 0 Å². The maximum absolute atomic E-state index is 12.7. The number of nitrogens with one attached hydrogen (secondary N) is 1. The monoisotopic (exact) mass is 373 g/mol. The molecule has 4 aliphatic rings. The van der Waals surface area contributed by atoms with Gasteiger partial charge in [0.25, 0.3) is 0 Å². The molecule has 0 spiro atoms. The Bertz CT molecular complexity index is 598. The zero-order valence-corrected chi connectivity index (χ0v) is 16.1. The van der Waals surface area contributed by atoms with Gasteiger partial charge in [-0.25, -0.2) is 4.79 Å². The number of carbonyl (C=O) groups excluding carboxylic acids is 2. The molecule has 7 heteroatoms. The quantitative estimate of drug-likeness (QED) is 0.811. The van der Waals surface area contributed by atoms with E-state index in [1.54, 1.807) is 4.90 Å². The second kappa shape index (κ2) is 8.05. The zero-order chi connectivity index (χ0) is 18.8. The molecule has 4 atom stereocenters. The van der Waals surface area contributed by atoms with Gasteiger partial charge in [-0.1, -0.05) is 0 Å². The first-order valence-electron chi connectivity index (χ1n) is 10.6. The summed E-state index contributed by atoms with van der Waals surface area (Å²) in [6, 6.07) is 2.59. The lowest BCUT2D eigenvalue weighted by atomic mass is 10.0. The number of fused-ring (bicyclic) bond motifs is 1. The van der Waals surface area contributed by atoms with Crippen LogP contribution in [0.25, 0.3) is 0 Å². The predicted molar refractivity (Wildman–Crippen MR) is 101 cm³/mol. The second-order valence-electron chi connectivity index (χ2n) is 8.68. The Labute approximate surface area is 161 Å². The maximum Gasteiger partial charge on any atom is 0.320 e. The van der Waals surface area contributed by atoms with Crippen LogP contribution in [0.2, 0.25) is 0 Å². The molecule has 1 N–H and O–H groups in total. The number of hydrogen-bond acceptors (Lipinski definition) is 4. The van der Waals surface area contributed by atoms with Crippen molar-refractivity contribution < 1.29 is 9.59 Å². The molecule has 3 aliphatic heterocycles. The summed E-state index contributed by atoms with van der Waals surface area (Å²) in [4.78, 5) is 30.9. The van der Waals surface area contributed by atoms with Gasteiger partial charge in [0.05, 0.1) is 12.6 Å². The summed E-state index contributed by atoms with van der Waals surface area (Å²) < 4.78 is 0. The SMILES string of the molecule is N#CC1CCCN1C(=O)CN[C@@H]1C[C@@H]2CN(C(=O)N3CCCCC3)C[C@@H]2C1. The van der Waals surface area contributed by atoms with Gasteiger partial charge in [0.15, 0.2) is 0 Å². The molecule has 1 unspecified atom stereocenters. The molecule has 0 aromatic carbocycles. The van der Waals surface area contributed by atoms with E-state index in [9.17, 15) is 9.59 Å². The van der Waals surface area contributed by atoms with Crippen LogP contribution in [-0.4, -0.2) is 78.0 Å². The van der Waals surface area contributed by atoms with Crippen molar-refractivity contribution >= 4 is 11.9 Å². The largest absolute Gasteiger partial charge is 0.326 e. The van der Waals surface area contributed by atoms with Crippen LogP contribution < -0.4 is 5.32 Å². The first kappa shape index (κ1) is 18.5. The highest BCUT2D eigenvalue weighted by atomic mass is 16.2. The molecular weight excluding hydrogens is 342 g/mol. The van der Waals surface area contributed by atoms with E-state index >= 15 is 0 Å². The number of amides is 3. The van der Waals surface area contributed by atoms with E-state index in [-0.39, 0.29) is 18.0 Å². The summed E-state index contributed by atoms with van der Waals surface area (Å²) in [5, 5.41) is 12.6. The van der Waals surface area contributed by atoms with Gasteiger partial charge in [0.2, 0.25) is 5.91 Å². The van der Waals surface area contributed by atoms with Crippen molar-refractivity contribution in [1.82, 2.24) is 20.0 Å². The molecule has 27 heavy (non-hydrogen) atoms. The van der Waals surface area contributed by atoms with Gasteiger partial charge < -0.3 is 20.0 Å². The topological polar surface area (TPSA) is 79.7 Å². The minimum atomic E-state index is -0.239. The summed E-state index contributed by atoms with van der Waals surface area (Å²) in [7, 11) is 0. The van der Waals surface area contributed by atoms with Crippen LogP contribution >= 0.6 is 0 Å². The van der Waals surface area contributed by atoms with Gasteiger partial charge in [0, 0.05) is 38.8 Å². The van der Waals surface area contributed by atoms with Crippen LogP contribution in [-0.2, 0) is 4.79 Å². The lowest BCUT2D eigenvalue weighted by molar-refractivity contribution is -0.130. The van der Waals surface area contributed by atoms with Crippen molar-refractivity contribution in [3.63, 3.8) is 0 Å². The summed E-state index contributed by atoms with van der Waals surface area (Å²) in [6.07, 6.45) is 7.34. The van der Waals surface area contributed by atoms with E-state index in [0.29, 0.717) is 31.0 Å². The average molecular weight is 374 g/mol. The third-order valence-electron chi connectivity index (χ3n) is 6.91. The molecule has 7 nitrogen and oxygen atoms in total. The molecule has 0 radical (unpaired) electrons. The van der Waals surface area contributed by atoms with Crippen molar-refractivity contribution in [2.75, 3.05) is 39.3 Å². The van der Waals surface area contributed by atoms with Crippen LogP contribution in [0.4, 0.5) is 4.79 Å². The van der Waals surface area contributed by atoms with Gasteiger partial charge >= 0.3 is 6.03 Å². The van der Waals surface area contributed by atoms with Crippen LogP contribution in [0.5, 0.6) is 0 Å². The van der Waals surface area contributed by atoms with Gasteiger partial charge in [-0.2, -0.15) is 5.26 Å². The lowest BCUT2D eigenvalue weighted by Crippen LogP contribution is -2.45. The van der Waals surface area contributed by atoms with E-state index in [1.807, 2.05) is 4.90 Å². The van der Waals surface area contributed by atoms with Gasteiger partial charge in [0.1, 0.15) is 6.04 Å². The first-order valence-corrected chi connectivity index (χ1v) is 10.6. The average Bonchev–Trinajstić information content (AvgIpc) is 3.40. The fourth-order valence-electron chi connectivity index (χ4n) is 5.44. The molecule has 4 fully saturated rings.